The highest BCUT2D eigenvalue weighted by atomic mass is 79.9. The van der Waals surface area contributed by atoms with Gasteiger partial charge in [-0.25, -0.2) is 0 Å². The Morgan fingerprint density at radius 3 is 2.79 bits per heavy atom. The number of hydrogen-bond acceptors (Lipinski definition) is 4. The Balaban J connectivity index is 2.08. The molecule has 3 N–H and O–H groups in total. The molecule has 0 saturated heterocycles. The summed E-state index contributed by atoms with van der Waals surface area (Å²) >= 11 is 8.42. The molecule has 126 valence electrons. The van der Waals surface area contributed by atoms with Crippen molar-refractivity contribution in [3.8, 4) is 5.75 Å². The first-order chi connectivity index (χ1) is 11.4. The van der Waals surface area contributed by atoms with E-state index in [0.717, 1.165) is 12.0 Å². The first-order valence-electron chi connectivity index (χ1n) is 7.46. The quantitative estimate of drug-likeness (QED) is 0.523. The number of rotatable bonds is 4. The van der Waals surface area contributed by atoms with Crippen molar-refractivity contribution in [1.29, 1.82) is 0 Å². The molecule has 24 heavy (non-hydrogen) atoms. The van der Waals surface area contributed by atoms with Gasteiger partial charge in [-0.15, -0.1) is 0 Å². The average Bonchev–Trinajstić information content (AvgIpc) is 2.56. The van der Waals surface area contributed by atoms with Gasteiger partial charge in [0.25, 0.3) is 5.91 Å². The normalized spacial score (nSPS) is 11.6. The number of nitrogens with one attached hydrogen (secondary N) is 2. The van der Waals surface area contributed by atoms with E-state index >= 15 is 0 Å². The summed E-state index contributed by atoms with van der Waals surface area (Å²) in [5, 5.41) is 15.5. The van der Waals surface area contributed by atoms with Crippen LogP contribution in [-0.4, -0.2) is 21.1 Å². The van der Waals surface area contributed by atoms with E-state index < -0.39 is 0 Å². The molecule has 1 atom stereocenters. The third-order valence-corrected chi connectivity index (χ3v) is 4.28. The Kier molecular flexibility index (Phi) is 6.28. The average molecular weight is 408 g/mol. The molecule has 0 saturated carbocycles. The molecule has 0 aliphatic heterocycles. The number of pyridine rings is 1. The maximum absolute atomic E-state index is 12.1. The third-order valence-electron chi connectivity index (χ3n) is 3.64. The predicted octanol–water partition coefficient (Wildman–Crippen LogP) is 4.19. The molecule has 5 nitrogen and oxygen atoms in total. The minimum Gasteiger partial charge on any atom is -0.506 e. The molecule has 0 fully saturated rings. The van der Waals surface area contributed by atoms with Gasteiger partial charge in [0.15, 0.2) is 5.11 Å². The van der Waals surface area contributed by atoms with E-state index in [1.165, 1.54) is 6.20 Å². The number of aromatic nitrogens is 1. The lowest BCUT2D eigenvalue weighted by Crippen LogP contribution is -2.34. The molecule has 1 aromatic heterocycles. The van der Waals surface area contributed by atoms with Crippen LogP contribution < -0.4 is 10.6 Å². The summed E-state index contributed by atoms with van der Waals surface area (Å²) in [5.41, 5.74) is 1.93. The Labute approximate surface area is 154 Å². The fraction of sp³-hybridized carbons (Fsp3) is 0.235. The smallest absolute Gasteiger partial charge is 0.259 e. The molecule has 0 radical (unpaired) electrons. The molecule has 0 spiro atoms. The molecule has 0 aliphatic carbocycles. The van der Waals surface area contributed by atoms with Gasteiger partial charge < -0.3 is 10.4 Å². The number of phenolic OH excluding ortho intramolecular Hbond substituents is 1. The molecule has 0 aliphatic rings. The van der Waals surface area contributed by atoms with Crippen LogP contribution in [0.15, 0.2) is 41.1 Å². The molecular formula is C17H18BrN3O2S. The van der Waals surface area contributed by atoms with E-state index in [4.69, 9.17) is 12.2 Å². The number of phenols is 1. The highest BCUT2D eigenvalue weighted by Gasteiger charge is 2.12. The number of anilines is 1. The lowest BCUT2D eigenvalue weighted by Gasteiger charge is -2.14. The first-order valence-corrected chi connectivity index (χ1v) is 8.66. The van der Waals surface area contributed by atoms with Crippen LogP contribution in [0.5, 0.6) is 5.75 Å². The van der Waals surface area contributed by atoms with Crippen LogP contribution in [0.3, 0.4) is 0 Å². The maximum Gasteiger partial charge on any atom is 0.259 e. The second kappa shape index (κ2) is 8.21. The zero-order valence-electron chi connectivity index (χ0n) is 13.3. The zero-order valence-corrected chi connectivity index (χ0v) is 15.7. The molecule has 2 rings (SSSR count). The first kappa shape index (κ1) is 18.4. The van der Waals surface area contributed by atoms with Crippen molar-refractivity contribution in [2.75, 3.05) is 5.32 Å². The highest BCUT2D eigenvalue weighted by molar-refractivity contribution is 9.10. The van der Waals surface area contributed by atoms with E-state index in [0.29, 0.717) is 21.6 Å². The van der Waals surface area contributed by atoms with Gasteiger partial charge in [0, 0.05) is 16.9 Å². The van der Waals surface area contributed by atoms with Gasteiger partial charge in [0.2, 0.25) is 0 Å². The summed E-state index contributed by atoms with van der Waals surface area (Å²) in [6.45, 7) is 4.21. The number of benzene rings is 1. The van der Waals surface area contributed by atoms with E-state index in [-0.39, 0.29) is 16.8 Å². The Morgan fingerprint density at radius 2 is 2.12 bits per heavy atom. The SMILES string of the molecule is CCC(C)c1ccc(O)c(NC(=S)NC(=O)c2cncc(Br)c2)c1. The van der Waals surface area contributed by atoms with Crippen molar-refractivity contribution in [3.05, 3.63) is 52.3 Å². The maximum atomic E-state index is 12.1. The summed E-state index contributed by atoms with van der Waals surface area (Å²) in [5.74, 6) is 0.0590. The van der Waals surface area contributed by atoms with E-state index in [2.05, 4.69) is 45.4 Å². The van der Waals surface area contributed by atoms with Crippen LogP contribution in [0.4, 0.5) is 5.69 Å². The van der Waals surface area contributed by atoms with Gasteiger partial charge in [-0.2, -0.15) is 0 Å². The monoisotopic (exact) mass is 407 g/mol. The molecule has 2 aromatic rings. The van der Waals surface area contributed by atoms with Gasteiger partial charge in [0.05, 0.1) is 11.3 Å². The van der Waals surface area contributed by atoms with Crippen LogP contribution in [0.25, 0.3) is 0 Å². The van der Waals surface area contributed by atoms with Gasteiger partial charge in [-0.1, -0.05) is 19.9 Å². The Hall–Kier alpha value is -1.99. The number of halogens is 1. The van der Waals surface area contributed by atoms with Gasteiger partial charge >= 0.3 is 0 Å². The Morgan fingerprint density at radius 1 is 1.38 bits per heavy atom. The van der Waals surface area contributed by atoms with Gasteiger partial charge in [-0.3, -0.25) is 15.1 Å². The number of aromatic hydroxyl groups is 1. The molecule has 1 unspecified atom stereocenters. The fourth-order valence-electron chi connectivity index (χ4n) is 2.06. The minimum atomic E-state index is -0.376. The number of amides is 1. The van der Waals surface area contributed by atoms with Crippen molar-refractivity contribution >= 4 is 44.9 Å². The molecule has 1 aromatic carbocycles. The largest absolute Gasteiger partial charge is 0.506 e. The minimum absolute atomic E-state index is 0.0720. The van der Waals surface area contributed by atoms with Crippen molar-refractivity contribution in [3.63, 3.8) is 0 Å². The summed E-state index contributed by atoms with van der Waals surface area (Å²) in [6.07, 6.45) is 4.02. The van der Waals surface area contributed by atoms with E-state index in [9.17, 15) is 9.90 Å². The van der Waals surface area contributed by atoms with Crippen molar-refractivity contribution in [2.24, 2.45) is 0 Å². The Bertz CT molecular complexity index is 767. The second-order valence-corrected chi connectivity index (χ2v) is 6.71. The van der Waals surface area contributed by atoms with Crippen molar-refractivity contribution < 1.29 is 9.90 Å². The number of carbonyl (C=O) groups excluding carboxylic acids is 1. The molecule has 1 heterocycles. The lowest BCUT2D eigenvalue weighted by molar-refractivity contribution is 0.0977. The molecule has 0 bridgehead atoms. The lowest BCUT2D eigenvalue weighted by atomic mass is 9.98. The molecule has 7 heteroatoms. The highest BCUT2D eigenvalue weighted by Crippen LogP contribution is 2.29. The summed E-state index contributed by atoms with van der Waals surface area (Å²) < 4.78 is 0.702. The van der Waals surface area contributed by atoms with Crippen molar-refractivity contribution in [1.82, 2.24) is 10.3 Å². The summed E-state index contributed by atoms with van der Waals surface area (Å²) in [4.78, 5) is 16.1. The zero-order chi connectivity index (χ0) is 17.7. The van der Waals surface area contributed by atoms with Crippen LogP contribution >= 0.6 is 28.1 Å². The van der Waals surface area contributed by atoms with Crippen LogP contribution in [0, 0.1) is 0 Å². The third kappa shape index (κ3) is 4.75. The molecule has 1 amide bonds. The fourth-order valence-corrected chi connectivity index (χ4v) is 2.63. The molecular weight excluding hydrogens is 390 g/mol. The predicted molar refractivity (Wildman–Crippen MR) is 102 cm³/mol. The summed E-state index contributed by atoms with van der Waals surface area (Å²) in [7, 11) is 0. The van der Waals surface area contributed by atoms with Crippen LogP contribution in [0.1, 0.15) is 42.1 Å². The number of hydrogen-bond donors (Lipinski definition) is 3. The summed E-state index contributed by atoms with van der Waals surface area (Å²) in [6, 6.07) is 6.98. The standard InChI is InChI=1S/C17H18BrN3O2S/c1-3-10(2)11-4-5-15(22)14(7-11)20-17(24)21-16(23)12-6-13(18)9-19-8-12/h4-10,22H,3H2,1-2H3,(H2,20,21,23,24). The van der Waals surface area contributed by atoms with Crippen molar-refractivity contribution in [2.45, 2.75) is 26.2 Å². The van der Waals surface area contributed by atoms with E-state index in [1.807, 2.05) is 12.1 Å². The van der Waals surface area contributed by atoms with E-state index in [1.54, 1.807) is 18.3 Å². The topological polar surface area (TPSA) is 74.2 Å². The van der Waals surface area contributed by atoms with Crippen LogP contribution in [0.2, 0.25) is 0 Å². The van der Waals surface area contributed by atoms with Gasteiger partial charge in [0.1, 0.15) is 5.75 Å². The number of nitrogens with zero attached hydrogens (tertiary/aromatic N) is 1. The van der Waals surface area contributed by atoms with Crippen LogP contribution in [-0.2, 0) is 0 Å². The number of carbonyl (C=O) groups is 1. The number of thiocarbonyl (C=S) groups is 1. The second-order valence-electron chi connectivity index (χ2n) is 5.39. The van der Waals surface area contributed by atoms with Gasteiger partial charge in [-0.05, 0) is 64.2 Å².